The number of hydrogen-bond donors (Lipinski definition) is 0. The minimum atomic E-state index is -0.585. The van der Waals surface area contributed by atoms with Crippen molar-refractivity contribution < 1.29 is 19.1 Å². The van der Waals surface area contributed by atoms with Crippen LogP contribution in [0.4, 0.5) is 0 Å². The van der Waals surface area contributed by atoms with Gasteiger partial charge in [0.1, 0.15) is 6.61 Å². The fourth-order valence-corrected chi connectivity index (χ4v) is 2.25. The molecule has 0 saturated heterocycles. The van der Waals surface area contributed by atoms with Crippen LogP contribution in [0.25, 0.3) is 0 Å². The van der Waals surface area contributed by atoms with E-state index in [-0.39, 0.29) is 12.0 Å². The van der Waals surface area contributed by atoms with Crippen LogP contribution in [0.1, 0.15) is 78.1 Å². The zero-order valence-corrected chi connectivity index (χ0v) is 16.0. The van der Waals surface area contributed by atoms with Gasteiger partial charge in [-0.05, 0) is 13.3 Å². The molecule has 0 aromatic rings. The van der Waals surface area contributed by atoms with E-state index in [0.717, 1.165) is 25.0 Å². The molecule has 0 amide bonds. The molecule has 0 aliphatic carbocycles. The van der Waals surface area contributed by atoms with Gasteiger partial charge in [0.2, 0.25) is 0 Å². The number of esters is 2. The van der Waals surface area contributed by atoms with Crippen molar-refractivity contribution in [2.24, 2.45) is 0 Å². The molecule has 4 nitrogen and oxygen atoms in total. The fourth-order valence-electron chi connectivity index (χ4n) is 2.19. The number of halogens is 1. The molecule has 0 heterocycles. The Kier molecular flexibility index (Phi) is 16.1. The summed E-state index contributed by atoms with van der Waals surface area (Å²) in [5.41, 5.74) is 0. The highest BCUT2D eigenvalue weighted by Gasteiger charge is 2.03. The van der Waals surface area contributed by atoms with Gasteiger partial charge in [0.05, 0.1) is 12.0 Å². The largest absolute Gasteiger partial charge is 0.463 e. The standard InChI is InChI=1S/C19H33ClO4/c1-3-4-5-6-7-8-9-10-11-12-15-23-18(21)13-14-19(22)24-16-17(2)20/h13-14,17H,3-12,15-16H2,1-2H3/b14-13+. The van der Waals surface area contributed by atoms with Crippen molar-refractivity contribution in [1.29, 1.82) is 0 Å². The normalized spacial score (nSPS) is 12.3. The lowest BCUT2D eigenvalue weighted by Crippen LogP contribution is -2.10. The maximum absolute atomic E-state index is 11.4. The topological polar surface area (TPSA) is 52.6 Å². The van der Waals surface area contributed by atoms with Crippen LogP contribution in [-0.4, -0.2) is 30.5 Å². The van der Waals surface area contributed by atoms with Crippen LogP contribution in [0.3, 0.4) is 0 Å². The molecule has 1 unspecified atom stereocenters. The maximum Gasteiger partial charge on any atom is 0.331 e. The van der Waals surface area contributed by atoms with Crippen molar-refractivity contribution in [3.05, 3.63) is 12.2 Å². The predicted octanol–water partition coefficient (Wildman–Crippen LogP) is 5.18. The second kappa shape index (κ2) is 16.8. The quantitative estimate of drug-likeness (QED) is 0.175. The van der Waals surface area contributed by atoms with Crippen molar-refractivity contribution in [3.63, 3.8) is 0 Å². The minimum absolute atomic E-state index is 0.123. The van der Waals surface area contributed by atoms with E-state index in [1.54, 1.807) is 6.92 Å². The van der Waals surface area contributed by atoms with Gasteiger partial charge in [-0.15, -0.1) is 11.6 Å². The summed E-state index contributed by atoms with van der Waals surface area (Å²) >= 11 is 5.65. The first-order valence-corrected chi connectivity index (χ1v) is 9.65. The SMILES string of the molecule is CCCCCCCCCCCCOC(=O)/C=C/C(=O)OCC(C)Cl. The third kappa shape index (κ3) is 17.3. The Balaban J connectivity index is 3.41. The van der Waals surface area contributed by atoms with E-state index in [1.165, 1.54) is 51.4 Å². The number of rotatable bonds is 15. The Bertz CT molecular complexity index is 353. The minimum Gasteiger partial charge on any atom is -0.463 e. The van der Waals surface area contributed by atoms with Gasteiger partial charge < -0.3 is 9.47 Å². The lowest BCUT2D eigenvalue weighted by Gasteiger charge is -2.04. The molecule has 0 N–H and O–H groups in total. The summed E-state index contributed by atoms with van der Waals surface area (Å²) in [5, 5.41) is -0.245. The third-order valence-electron chi connectivity index (χ3n) is 3.55. The van der Waals surface area contributed by atoms with Crippen molar-refractivity contribution in [3.8, 4) is 0 Å². The molecule has 0 spiro atoms. The average molecular weight is 361 g/mol. The highest BCUT2D eigenvalue weighted by molar-refractivity contribution is 6.20. The molecule has 0 aliphatic rings. The van der Waals surface area contributed by atoms with E-state index in [2.05, 4.69) is 6.92 Å². The Morgan fingerprint density at radius 1 is 0.833 bits per heavy atom. The van der Waals surface area contributed by atoms with Crippen LogP contribution in [0, 0.1) is 0 Å². The lowest BCUT2D eigenvalue weighted by atomic mass is 10.1. The molecule has 0 bridgehead atoms. The van der Waals surface area contributed by atoms with Crippen LogP contribution >= 0.6 is 11.6 Å². The van der Waals surface area contributed by atoms with E-state index in [1.807, 2.05) is 0 Å². The molecule has 140 valence electrons. The molecule has 0 radical (unpaired) electrons. The van der Waals surface area contributed by atoms with Gasteiger partial charge in [0.15, 0.2) is 0 Å². The molecule has 24 heavy (non-hydrogen) atoms. The van der Waals surface area contributed by atoms with Gasteiger partial charge >= 0.3 is 11.9 Å². The molecule has 5 heteroatoms. The third-order valence-corrected chi connectivity index (χ3v) is 3.68. The first-order valence-electron chi connectivity index (χ1n) is 9.22. The lowest BCUT2D eigenvalue weighted by molar-refractivity contribution is -0.140. The Hall–Kier alpha value is -1.03. The number of hydrogen-bond acceptors (Lipinski definition) is 4. The first kappa shape index (κ1) is 23.0. The Morgan fingerprint density at radius 2 is 1.29 bits per heavy atom. The number of carbonyl (C=O) groups excluding carboxylic acids is 2. The van der Waals surface area contributed by atoms with Crippen LogP contribution in [0.15, 0.2) is 12.2 Å². The smallest absolute Gasteiger partial charge is 0.331 e. The molecular formula is C19H33ClO4. The summed E-state index contributed by atoms with van der Waals surface area (Å²) in [6, 6.07) is 0. The van der Waals surface area contributed by atoms with E-state index < -0.39 is 11.9 Å². The Morgan fingerprint density at radius 3 is 1.79 bits per heavy atom. The van der Waals surface area contributed by atoms with Crippen molar-refractivity contribution in [2.45, 2.75) is 83.4 Å². The second-order valence-corrected chi connectivity index (χ2v) is 6.84. The van der Waals surface area contributed by atoms with Gasteiger partial charge in [0, 0.05) is 12.2 Å². The molecule has 0 aliphatic heterocycles. The van der Waals surface area contributed by atoms with E-state index in [0.29, 0.717) is 6.61 Å². The monoisotopic (exact) mass is 360 g/mol. The first-order chi connectivity index (χ1) is 11.6. The second-order valence-electron chi connectivity index (χ2n) is 6.09. The Labute approximate surface area is 151 Å². The average Bonchev–Trinajstić information content (AvgIpc) is 2.56. The summed E-state index contributed by atoms with van der Waals surface area (Å²) in [7, 11) is 0. The molecule has 0 fully saturated rings. The van der Waals surface area contributed by atoms with Crippen molar-refractivity contribution in [1.82, 2.24) is 0 Å². The van der Waals surface area contributed by atoms with Gasteiger partial charge in [-0.25, -0.2) is 9.59 Å². The van der Waals surface area contributed by atoms with Gasteiger partial charge in [0.25, 0.3) is 0 Å². The van der Waals surface area contributed by atoms with Crippen molar-refractivity contribution in [2.75, 3.05) is 13.2 Å². The number of alkyl halides is 1. The van der Waals surface area contributed by atoms with Crippen LogP contribution < -0.4 is 0 Å². The predicted molar refractivity (Wildman–Crippen MR) is 98.2 cm³/mol. The summed E-state index contributed by atoms with van der Waals surface area (Å²) in [4.78, 5) is 22.6. The fraction of sp³-hybridized carbons (Fsp3) is 0.789. The van der Waals surface area contributed by atoms with E-state index in [9.17, 15) is 9.59 Å². The highest BCUT2D eigenvalue weighted by Crippen LogP contribution is 2.10. The van der Waals surface area contributed by atoms with Crippen LogP contribution in [0.2, 0.25) is 0 Å². The summed E-state index contributed by atoms with van der Waals surface area (Å²) < 4.78 is 9.83. The molecule has 0 saturated carbocycles. The van der Waals surface area contributed by atoms with Gasteiger partial charge in [-0.3, -0.25) is 0 Å². The maximum atomic E-state index is 11.4. The molecule has 0 aromatic carbocycles. The summed E-state index contributed by atoms with van der Waals surface area (Å²) in [6.45, 7) is 4.47. The van der Waals surface area contributed by atoms with E-state index in [4.69, 9.17) is 21.1 Å². The summed E-state index contributed by atoms with van der Waals surface area (Å²) in [5.74, 6) is -1.10. The van der Waals surface area contributed by atoms with E-state index >= 15 is 0 Å². The molecular weight excluding hydrogens is 328 g/mol. The zero-order valence-electron chi connectivity index (χ0n) is 15.2. The van der Waals surface area contributed by atoms with Crippen molar-refractivity contribution >= 4 is 23.5 Å². The van der Waals surface area contributed by atoms with Crippen LogP contribution in [0.5, 0.6) is 0 Å². The molecule has 0 aromatic heterocycles. The zero-order chi connectivity index (χ0) is 18.0. The van der Waals surface area contributed by atoms with Gasteiger partial charge in [-0.1, -0.05) is 64.7 Å². The number of unbranched alkanes of at least 4 members (excludes halogenated alkanes) is 9. The molecule has 0 rings (SSSR count). The van der Waals surface area contributed by atoms with Crippen LogP contribution in [-0.2, 0) is 19.1 Å². The van der Waals surface area contributed by atoms with Gasteiger partial charge in [-0.2, -0.15) is 0 Å². The summed E-state index contributed by atoms with van der Waals surface area (Å²) in [6.07, 6.45) is 14.5. The molecule has 1 atom stereocenters. The highest BCUT2D eigenvalue weighted by atomic mass is 35.5. The number of ether oxygens (including phenoxy) is 2. The number of carbonyl (C=O) groups is 2.